The first-order valence-corrected chi connectivity index (χ1v) is 15.3. The van der Waals surface area contributed by atoms with E-state index in [1.165, 1.54) is 4.90 Å². The fourth-order valence-electron chi connectivity index (χ4n) is 4.35. The first-order valence-electron chi connectivity index (χ1n) is 13.1. The maximum absolute atomic E-state index is 14.1. The number of hydrogen-bond acceptors (Lipinski definition) is 4. The van der Waals surface area contributed by atoms with Gasteiger partial charge in [-0.1, -0.05) is 51.8 Å². The standard InChI is InChI=1S/C31H38BrN3O4S/c1-21-11-13-28(14-12-21)40(38,39)35(27-16-22(2)15-23(3)17-27)20-29(36)34(19-25-9-8-10-26(32)18-25)24(4)30(37)33-31(5,6)7/h8-18,24H,19-20H2,1-7H3,(H,33,37)/t24-/m1/s1. The molecule has 2 amide bonds. The molecule has 214 valence electrons. The third-order valence-electron chi connectivity index (χ3n) is 6.29. The van der Waals surface area contributed by atoms with E-state index in [2.05, 4.69) is 21.2 Å². The summed E-state index contributed by atoms with van der Waals surface area (Å²) in [6, 6.07) is 18.6. The molecule has 0 saturated carbocycles. The summed E-state index contributed by atoms with van der Waals surface area (Å²) in [5.41, 5.74) is 3.35. The zero-order valence-corrected chi connectivity index (χ0v) is 26.6. The molecule has 0 saturated heterocycles. The fraction of sp³-hybridized carbons (Fsp3) is 0.355. The van der Waals surface area contributed by atoms with Crippen LogP contribution in [0, 0.1) is 20.8 Å². The molecule has 0 aliphatic rings. The Balaban J connectivity index is 2.07. The Morgan fingerprint density at radius 1 is 0.900 bits per heavy atom. The summed E-state index contributed by atoms with van der Waals surface area (Å²) >= 11 is 3.47. The zero-order chi connectivity index (χ0) is 29.8. The lowest BCUT2D eigenvalue weighted by Gasteiger charge is -2.33. The van der Waals surface area contributed by atoms with E-state index in [4.69, 9.17) is 0 Å². The van der Waals surface area contributed by atoms with Crippen LogP contribution in [-0.4, -0.2) is 43.3 Å². The van der Waals surface area contributed by atoms with Crippen LogP contribution in [0.3, 0.4) is 0 Å². The van der Waals surface area contributed by atoms with Crippen LogP contribution in [0.2, 0.25) is 0 Å². The summed E-state index contributed by atoms with van der Waals surface area (Å²) < 4.78 is 30.0. The average Bonchev–Trinajstić information content (AvgIpc) is 2.84. The minimum atomic E-state index is -4.11. The number of benzene rings is 3. The molecule has 40 heavy (non-hydrogen) atoms. The summed E-state index contributed by atoms with van der Waals surface area (Å²) in [5.74, 6) is -0.818. The summed E-state index contributed by atoms with van der Waals surface area (Å²) in [7, 11) is -4.11. The van der Waals surface area contributed by atoms with Gasteiger partial charge >= 0.3 is 0 Å². The summed E-state index contributed by atoms with van der Waals surface area (Å²) in [6.07, 6.45) is 0. The average molecular weight is 629 g/mol. The number of sulfonamides is 1. The molecule has 0 heterocycles. The van der Waals surface area contributed by atoms with Crippen molar-refractivity contribution in [1.82, 2.24) is 10.2 Å². The van der Waals surface area contributed by atoms with Crippen LogP contribution in [0.5, 0.6) is 0 Å². The van der Waals surface area contributed by atoms with Gasteiger partial charge in [-0.3, -0.25) is 13.9 Å². The number of nitrogens with zero attached hydrogens (tertiary/aromatic N) is 2. The number of carbonyl (C=O) groups excluding carboxylic acids is 2. The lowest BCUT2D eigenvalue weighted by molar-refractivity contribution is -0.140. The third kappa shape index (κ3) is 8.17. The Bertz CT molecular complexity index is 1460. The molecule has 0 spiro atoms. The second-order valence-corrected chi connectivity index (χ2v) is 14.0. The van der Waals surface area contributed by atoms with E-state index in [0.29, 0.717) is 5.69 Å². The Labute approximate surface area is 246 Å². The molecule has 0 bridgehead atoms. The Hall–Kier alpha value is -3.17. The van der Waals surface area contributed by atoms with E-state index in [9.17, 15) is 18.0 Å². The first-order chi connectivity index (χ1) is 18.6. The van der Waals surface area contributed by atoms with Crippen LogP contribution in [-0.2, 0) is 26.2 Å². The van der Waals surface area contributed by atoms with Gasteiger partial charge in [0.05, 0.1) is 10.6 Å². The largest absolute Gasteiger partial charge is 0.350 e. The number of amides is 2. The van der Waals surface area contributed by atoms with Crippen molar-refractivity contribution >= 4 is 43.5 Å². The molecular weight excluding hydrogens is 590 g/mol. The number of carbonyl (C=O) groups is 2. The Morgan fingerprint density at radius 3 is 2.05 bits per heavy atom. The topological polar surface area (TPSA) is 86.8 Å². The molecule has 0 aliphatic carbocycles. The lowest BCUT2D eigenvalue weighted by Crippen LogP contribution is -2.54. The van der Waals surface area contributed by atoms with E-state index in [-0.39, 0.29) is 17.3 Å². The van der Waals surface area contributed by atoms with Crippen molar-refractivity contribution in [2.75, 3.05) is 10.8 Å². The van der Waals surface area contributed by atoms with Crippen molar-refractivity contribution in [2.45, 2.75) is 71.5 Å². The lowest BCUT2D eigenvalue weighted by atomic mass is 10.1. The number of halogens is 1. The molecule has 9 heteroatoms. The van der Waals surface area contributed by atoms with Gasteiger partial charge in [0, 0.05) is 16.6 Å². The van der Waals surface area contributed by atoms with Gasteiger partial charge < -0.3 is 10.2 Å². The van der Waals surface area contributed by atoms with Crippen molar-refractivity contribution < 1.29 is 18.0 Å². The quantitative estimate of drug-likeness (QED) is 0.320. The smallest absolute Gasteiger partial charge is 0.264 e. The third-order valence-corrected chi connectivity index (χ3v) is 8.57. The van der Waals surface area contributed by atoms with Gasteiger partial charge in [-0.25, -0.2) is 8.42 Å². The van der Waals surface area contributed by atoms with Gasteiger partial charge in [0.25, 0.3) is 10.0 Å². The summed E-state index contributed by atoms with van der Waals surface area (Å²) in [6.45, 7) is 12.6. The summed E-state index contributed by atoms with van der Waals surface area (Å²) in [5, 5.41) is 2.94. The number of rotatable bonds is 9. The molecule has 0 radical (unpaired) electrons. The molecule has 7 nitrogen and oxygen atoms in total. The minimum Gasteiger partial charge on any atom is -0.350 e. The highest BCUT2D eigenvalue weighted by Crippen LogP contribution is 2.27. The van der Waals surface area contributed by atoms with Crippen LogP contribution >= 0.6 is 15.9 Å². The molecule has 3 rings (SSSR count). The normalized spacial score (nSPS) is 12.5. The van der Waals surface area contributed by atoms with Gasteiger partial charge in [-0.15, -0.1) is 0 Å². The van der Waals surface area contributed by atoms with Gasteiger partial charge in [-0.05, 0) is 102 Å². The van der Waals surface area contributed by atoms with Gasteiger partial charge in [0.2, 0.25) is 11.8 Å². The fourth-order valence-corrected chi connectivity index (χ4v) is 6.19. The van der Waals surface area contributed by atoms with Gasteiger partial charge in [0.1, 0.15) is 12.6 Å². The van der Waals surface area contributed by atoms with Crippen molar-refractivity contribution in [2.24, 2.45) is 0 Å². The SMILES string of the molecule is Cc1ccc(S(=O)(=O)N(CC(=O)N(Cc2cccc(Br)c2)[C@H](C)C(=O)NC(C)(C)C)c2cc(C)cc(C)c2)cc1. The predicted molar refractivity (Wildman–Crippen MR) is 164 cm³/mol. The van der Waals surface area contributed by atoms with E-state index in [1.807, 2.05) is 71.9 Å². The molecule has 0 aromatic heterocycles. The maximum Gasteiger partial charge on any atom is 0.264 e. The van der Waals surface area contributed by atoms with Crippen LogP contribution in [0.4, 0.5) is 5.69 Å². The second kappa shape index (κ2) is 12.6. The molecule has 1 atom stereocenters. The number of hydrogen-bond donors (Lipinski definition) is 1. The molecule has 0 aliphatic heterocycles. The van der Waals surface area contributed by atoms with Crippen LogP contribution in [0.15, 0.2) is 76.1 Å². The maximum atomic E-state index is 14.1. The Morgan fingerprint density at radius 2 is 1.50 bits per heavy atom. The highest BCUT2D eigenvalue weighted by Gasteiger charge is 2.33. The van der Waals surface area contributed by atoms with E-state index >= 15 is 0 Å². The molecule has 1 N–H and O–H groups in total. The molecular formula is C31H38BrN3O4S. The van der Waals surface area contributed by atoms with Crippen molar-refractivity contribution in [3.8, 4) is 0 Å². The van der Waals surface area contributed by atoms with Crippen LogP contribution in [0.25, 0.3) is 0 Å². The monoisotopic (exact) mass is 627 g/mol. The zero-order valence-electron chi connectivity index (χ0n) is 24.2. The highest BCUT2D eigenvalue weighted by atomic mass is 79.9. The number of anilines is 1. The molecule has 0 unspecified atom stereocenters. The van der Waals surface area contributed by atoms with Crippen molar-refractivity contribution in [3.63, 3.8) is 0 Å². The van der Waals surface area contributed by atoms with E-state index in [1.54, 1.807) is 43.3 Å². The number of aryl methyl sites for hydroxylation is 3. The van der Waals surface area contributed by atoms with Gasteiger partial charge in [-0.2, -0.15) is 0 Å². The molecule has 3 aromatic carbocycles. The van der Waals surface area contributed by atoms with E-state index in [0.717, 1.165) is 31.0 Å². The number of nitrogens with one attached hydrogen (secondary N) is 1. The highest BCUT2D eigenvalue weighted by molar-refractivity contribution is 9.10. The first kappa shape index (κ1) is 31.4. The molecule has 0 fully saturated rings. The van der Waals surface area contributed by atoms with Crippen LogP contribution in [0.1, 0.15) is 49.9 Å². The predicted octanol–water partition coefficient (Wildman–Crippen LogP) is 5.90. The Kier molecular flexibility index (Phi) is 9.85. The minimum absolute atomic E-state index is 0.0853. The van der Waals surface area contributed by atoms with Crippen molar-refractivity contribution in [1.29, 1.82) is 0 Å². The molecule has 3 aromatic rings. The van der Waals surface area contributed by atoms with Crippen molar-refractivity contribution in [3.05, 3.63) is 93.5 Å². The van der Waals surface area contributed by atoms with Crippen LogP contribution < -0.4 is 9.62 Å². The van der Waals surface area contributed by atoms with Gasteiger partial charge in [0.15, 0.2) is 0 Å². The van der Waals surface area contributed by atoms with E-state index < -0.39 is 34.1 Å². The second-order valence-electron chi connectivity index (χ2n) is 11.2. The summed E-state index contributed by atoms with van der Waals surface area (Å²) in [4.78, 5) is 28.8.